The lowest BCUT2D eigenvalue weighted by Gasteiger charge is -2.14. The Morgan fingerprint density at radius 1 is 1.38 bits per heavy atom. The number of amides is 1. The van der Waals surface area contributed by atoms with Gasteiger partial charge >= 0.3 is 0 Å². The largest absolute Gasteiger partial charge is 0.495 e. The molecule has 7 nitrogen and oxygen atoms in total. The van der Waals surface area contributed by atoms with Crippen molar-refractivity contribution in [2.24, 2.45) is 0 Å². The van der Waals surface area contributed by atoms with Crippen LogP contribution in [0, 0.1) is 0 Å². The van der Waals surface area contributed by atoms with Crippen molar-refractivity contribution >= 4 is 15.9 Å². The molecule has 0 aliphatic heterocycles. The van der Waals surface area contributed by atoms with Crippen molar-refractivity contribution in [2.75, 3.05) is 20.3 Å². The molecule has 21 heavy (non-hydrogen) atoms. The Balaban J connectivity index is 3.20. The summed E-state index contributed by atoms with van der Waals surface area (Å²) in [5, 5.41) is 11.1. The van der Waals surface area contributed by atoms with E-state index in [-0.39, 0.29) is 35.4 Å². The van der Waals surface area contributed by atoms with Gasteiger partial charge in [0.05, 0.1) is 13.7 Å². The Morgan fingerprint density at radius 2 is 2.05 bits per heavy atom. The van der Waals surface area contributed by atoms with Gasteiger partial charge in [0.15, 0.2) is 0 Å². The third-order valence-corrected chi connectivity index (χ3v) is 4.18. The first-order valence-corrected chi connectivity index (χ1v) is 7.89. The smallest absolute Gasteiger partial charge is 0.251 e. The topological polar surface area (TPSA) is 105 Å². The highest BCUT2D eigenvalue weighted by atomic mass is 32.2. The summed E-state index contributed by atoms with van der Waals surface area (Å²) in [6.45, 7) is 3.29. The number of aliphatic hydroxyl groups excluding tert-OH is 1. The predicted octanol–water partition coefficient (Wildman–Crippen LogP) is 0.104. The molecule has 1 rings (SSSR count). The maximum Gasteiger partial charge on any atom is 0.251 e. The van der Waals surface area contributed by atoms with Crippen molar-refractivity contribution in [2.45, 2.75) is 24.8 Å². The van der Waals surface area contributed by atoms with Gasteiger partial charge in [-0.1, -0.05) is 0 Å². The molecule has 1 aromatic carbocycles. The van der Waals surface area contributed by atoms with Crippen LogP contribution in [0.5, 0.6) is 5.75 Å². The molecule has 0 aromatic heterocycles. The summed E-state index contributed by atoms with van der Waals surface area (Å²) in [5.41, 5.74) is 0.174. The molecule has 0 radical (unpaired) electrons. The number of methoxy groups -OCH3 is 1. The zero-order valence-corrected chi connectivity index (χ0v) is 13.0. The van der Waals surface area contributed by atoms with Gasteiger partial charge in [0, 0.05) is 18.2 Å². The second-order valence-corrected chi connectivity index (χ2v) is 6.30. The molecular weight excluding hydrogens is 296 g/mol. The van der Waals surface area contributed by atoms with E-state index in [2.05, 4.69) is 10.0 Å². The Labute approximate surface area is 124 Å². The molecule has 0 atom stereocenters. The average Bonchev–Trinajstić information content (AvgIpc) is 2.42. The van der Waals surface area contributed by atoms with Gasteiger partial charge < -0.3 is 15.2 Å². The zero-order valence-electron chi connectivity index (χ0n) is 12.2. The van der Waals surface area contributed by atoms with Crippen molar-refractivity contribution in [1.82, 2.24) is 10.0 Å². The number of sulfonamides is 1. The highest BCUT2D eigenvalue weighted by Gasteiger charge is 2.22. The molecule has 0 aliphatic carbocycles. The highest BCUT2D eigenvalue weighted by Crippen LogP contribution is 2.25. The van der Waals surface area contributed by atoms with E-state index in [1.165, 1.54) is 25.3 Å². The molecule has 8 heteroatoms. The van der Waals surface area contributed by atoms with Gasteiger partial charge in [-0.25, -0.2) is 13.1 Å². The zero-order chi connectivity index (χ0) is 16.0. The molecular formula is C13H20N2O5S. The second-order valence-electron chi connectivity index (χ2n) is 4.62. The molecule has 0 heterocycles. The monoisotopic (exact) mass is 316 g/mol. The molecule has 1 amide bonds. The Morgan fingerprint density at radius 3 is 2.57 bits per heavy atom. The first-order valence-electron chi connectivity index (χ1n) is 6.41. The van der Waals surface area contributed by atoms with Crippen molar-refractivity contribution in [3.63, 3.8) is 0 Å². The van der Waals surface area contributed by atoms with E-state index in [1.54, 1.807) is 13.8 Å². The summed E-state index contributed by atoms with van der Waals surface area (Å²) in [6.07, 6.45) is 0. The van der Waals surface area contributed by atoms with Crippen LogP contribution in [0.25, 0.3) is 0 Å². The van der Waals surface area contributed by atoms with E-state index in [0.717, 1.165) is 0 Å². The molecule has 0 saturated heterocycles. The molecule has 118 valence electrons. The van der Waals surface area contributed by atoms with Crippen molar-refractivity contribution in [3.8, 4) is 5.75 Å². The molecule has 1 aromatic rings. The lowest BCUT2D eigenvalue weighted by molar-refractivity contribution is 0.0944. The number of carbonyl (C=O) groups is 1. The van der Waals surface area contributed by atoms with E-state index in [4.69, 9.17) is 9.84 Å². The summed E-state index contributed by atoms with van der Waals surface area (Å²) >= 11 is 0. The van der Waals surface area contributed by atoms with Crippen LogP contribution in [0.3, 0.4) is 0 Å². The molecule has 0 fully saturated rings. The summed E-state index contributed by atoms with van der Waals surface area (Å²) < 4.78 is 32.0. The molecule has 3 N–H and O–H groups in total. The number of nitrogens with one attached hydrogen (secondary N) is 2. The minimum absolute atomic E-state index is 0.0944. The predicted molar refractivity (Wildman–Crippen MR) is 77.9 cm³/mol. The fourth-order valence-corrected chi connectivity index (χ4v) is 3.12. The average molecular weight is 316 g/mol. The van der Waals surface area contributed by atoms with Gasteiger partial charge in [-0.05, 0) is 32.0 Å². The maximum atomic E-state index is 12.2. The minimum Gasteiger partial charge on any atom is -0.495 e. The molecule has 0 aliphatic rings. The van der Waals surface area contributed by atoms with Gasteiger partial charge in [-0.15, -0.1) is 0 Å². The van der Waals surface area contributed by atoms with Crippen molar-refractivity contribution in [1.29, 1.82) is 0 Å². The van der Waals surface area contributed by atoms with Gasteiger partial charge in [0.2, 0.25) is 10.0 Å². The Kier molecular flexibility index (Phi) is 6.13. The number of rotatable bonds is 7. The van der Waals surface area contributed by atoms with E-state index < -0.39 is 15.9 Å². The standard InChI is InChI=1S/C13H20N2O5S/c1-9(2)15-21(18,19)12-8-10(4-5-11(12)20-3)13(17)14-6-7-16/h4-5,8-9,15-16H,6-7H2,1-3H3,(H,14,17). The summed E-state index contributed by atoms with van der Waals surface area (Å²) in [4.78, 5) is 11.7. The Hall–Kier alpha value is -1.64. The summed E-state index contributed by atoms with van der Waals surface area (Å²) in [6, 6.07) is 3.84. The Bertz CT molecular complexity index is 599. The quantitative estimate of drug-likeness (QED) is 0.662. The van der Waals surface area contributed by atoms with E-state index >= 15 is 0 Å². The van der Waals surface area contributed by atoms with Crippen LogP contribution in [-0.4, -0.2) is 45.7 Å². The van der Waals surface area contributed by atoms with Crippen LogP contribution >= 0.6 is 0 Å². The van der Waals surface area contributed by atoms with Crippen LogP contribution in [0.2, 0.25) is 0 Å². The van der Waals surface area contributed by atoms with Crippen molar-refractivity contribution in [3.05, 3.63) is 23.8 Å². The minimum atomic E-state index is -3.78. The van der Waals surface area contributed by atoms with Crippen LogP contribution in [0.4, 0.5) is 0 Å². The lowest BCUT2D eigenvalue weighted by atomic mass is 10.2. The molecule has 0 bridgehead atoms. The van der Waals surface area contributed by atoms with Crippen LogP contribution < -0.4 is 14.8 Å². The second kappa shape index (κ2) is 7.39. The SMILES string of the molecule is COc1ccc(C(=O)NCCO)cc1S(=O)(=O)NC(C)C. The third-order valence-electron chi connectivity index (χ3n) is 2.50. The highest BCUT2D eigenvalue weighted by molar-refractivity contribution is 7.89. The number of ether oxygens (including phenoxy) is 1. The van der Waals surface area contributed by atoms with Gasteiger partial charge in [0.25, 0.3) is 5.91 Å². The number of aliphatic hydroxyl groups is 1. The molecule has 0 unspecified atom stereocenters. The maximum absolute atomic E-state index is 12.2. The normalized spacial score (nSPS) is 11.5. The fourth-order valence-electron chi connectivity index (χ4n) is 1.67. The van der Waals surface area contributed by atoms with Gasteiger partial charge in [-0.3, -0.25) is 4.79 Å². The van der Waals surface area contributed by atoms with Crippen LogP contribution in [0.15, 0.2) is 23.1 Å². The number of hydrogen-bond donors (Lipinski definition) is 3. The number of benzene rings is 1. The van der Waals surface area contributed by atoms with E-state index in [9.17, 15) is 13.2 Å². The van der Waals surface area contributed by atoms with Crippen molar-refractivity contribution < 1.29 is 23.1 Å². The first-order chi connectivity index (χ1) is 9.81. The molecule has 0 spiro atoms. The summed E-state index contributed by atoms with van der Waals surface area (Å²) in [7, 11) is -2.43. The lowest BCUT2D eigenvalue weighted by Crippen LogP contribution is -2.31. The van der Waals surface area contributed by atoms with Crippen LogP contribution in [-0.2, 0) is 10.0 Å². The fraction of sp³-hybridized carbons (Fsp3) is 0.462. The number of carbonyl (C=O) groups excluding carboxylic acids is 1. The number of hydrogen-bond acceptors (Lipinski definition) is 5. The van der Waals surface area contributed by atoms with E-state index in [1.807, 2.05) is 0 Å². The summed E-state index contributed by atoms with van der Waals surface area (Å²) in [5.74, 6) is -0.311. The van der Waals surface area contributed by atoms with E-state index in [0.29, 0.717) is 0 Å². The molecule has 0 saturated carbocycles. The van der Waals surface area contributed by atoms with Gasteiger partial charge in [0.1, 0.15) is 10.6 Å². The third kappa shape index (κ3) is 4.69. The first kappa shape index (κ1) is 17.4. The van der Waals surface area contributed by atoms with Crippen LogP contribution in [0.1, 0.15) is 24.2 Å². The van der Waals surface area contributed by atoms with Gasteiger partial charge in [-0.2, -0.15) is 0 Å².